The van der Waals surface area contributed by atoms with Crippen molar-refractivity contribution in [3.8, 4) is 5.75 Å². The van der Waals surface area contributed by atoms with E-state index in [0.29, 0.717) is 15.4 Å². The molecule has 18 heavy (non-hydrogen) atoms. The summed E-state index contributed by atoms with van der Waals surface area (Å²) in [6, 6.07) is 3.11. The molecule has 0 aliphatic heterocycles. The Balaban J connectivity index is 2.48. The first-order chi connectivity index (χ1) is 8.29. The maximum Gasteiger partial charge on any atom is 0.435 e. The lowest BCUT2D eigenvalue weighted by molar-refractivity contribution is 0.0522. The number of nitrogens with zero attached hydrogens (tertiary/aromatic N) is 2. The molecule has 5 nitrogen and oxygen atoms in total. The molecule has 0 saturated carbocycles. The number of carbonyl (C=O) groups excluding carboxylic acids is 1. The molecule has 2 aromatic rings. The zero-order chi connectivity index (χ0) is 13.5. The zero-order valence-corrected chi connectivity index (χ0v) is 11.9. The third-order valence-electron chi connectivity index (χ3n) is 2.23. The van der Waals surface area contributed by atoms with Crippen LogP contribution in [0.15, 0.2) is 22.8 Å². The molecule has 0 amide bonds. The number of carbonyl (C=O) groups is 1. The van der Waals surface area contributed by atoms with E-state index in [1.165, 1.54) is 16.9 Å². The first-order valence-corrected chi connectivity index (χ1v) is 6.17. The third kappa shape index (κ3) is 2.33. The summed E-state index contributed by atoms with van der Waals surface area (Å²) in [4.78, 5) is 11.9. The summed E-state index contributed by atoms with van der Waals surface area (Å²) in [6.07, 6.45) is 0.957. The Bertz CT molecular complexity index is 614. The highest BCUT2D eigenvalue weighted by Gasteiger charge is 2.20. The van der Waals surface area contributed by atoms with Gasteiger partial charge in [-0.15, -0.1) is 0 Å². The van der Waals surface area contributed by atoms with Crippen LogP contribution < -0.4 is 0 Å². The van der Waals surface area contributed by atoms with E-state index in [1.807, 2.05) is 0 Å². The maximum absolute atomic E-state index is 11.9. The van der Waals surface area contributed by atoms with Gasteiger partial charge < -0.3 is 9.84 Å². The number of benzene rings is 1. The summed E-state index contributed by atoms with van der Waals surface area (Å²) in [5.74, 6) is 0.103. The number of ether oxygens (including phenoxy) is 1. The Labute approximate surface area is 112 Å². The Kier molecular flexibility index (Phi) is 3.06. The van der Waals surface area contributed by atoms with Gasteiger partial charge in [-0.2, -0.15) is 9.78 Å². The minimum atomic E-state index is -0.580. The van der Waals surface area contributed by atoms with Crippen molar-refractivity contribution in [3.05, 3.63) is 22.8 Å². The minimum Gasteiger partial charge on any atom is -0.507 e. The van der Waals surface area contributed by atoms with E-state index in [-0.39, 0.29) is 5.75 Å². The van der Waals surface area contributed by atoms with Crippen LogP contribution in [0.5, 0.6) is 5.75 Å². The van der Waals surface area contributed by atoms with E-state index < -0.39 is 11.7 Å². The van der Waals surface area contributed by atoms with Crippen LogP contribution in [-0.4, -0.2) is 26.6 Å². The molecule has 0 unspecified atom stereocenters. The highest BCUT2D eigenvalue weighted by Crippen LogP contribution is 2.32. The molecule has 0 aliphatic rings. The number of halogens is 1. The molecule has 1 aromatic heterocycles. The van der Waals surface area contributed by atoms with E-state index in [0.717, 1.165) is 0 Å². The number of phenolic OH excluding ortho intramolecular Hbond substituents is 1. The molecule has 0 aliphatic carbocycles. The highest BCUT2D eigenvalue weighted by atomic mass is 79.9. The van der Waals surface area contributed by atoms with Crippen LogP contribution in [0.2, 0.25) is 0 Å². The summed E-state index contributed by atoms with van der Waals surface area (Å²) >= 11 is 3.25. The molecule has 2 rings (SSSR count). The van der Waals surface area contributed by atoms with E-state index in [9.17, 15) is 9.90 Å². The molecule has 96 valence electrons. The van der Waals surface area contributed by atoms with Gasteiger partial charge >= 0.3 is 6.09 Å². The summed E-state index contributed by atoms with van der Waals surface area (Å²) in [5, 5.41) is 14.2. The predicted octanol–water partition coefficient (Wildman–Crippen LogP) is 3.29. The quantitative estimate of drug-likeness (QED) is 0.810. The molecule has 0 atom stereocenters. The topological polar surface area (TPSA) is 64.4 Å². The molecule has 0 saturated heterocycles. The third-order valence-corrected chi connectivity index (χ3v) is 3.07. The highest BCUT2D eigenvalue weighted by molar-refractivity contribution is 9.10. The van der Waals surface area contributed by atoms with Crippen LogP contribution >= 0.6 is 15.9 Å². The maximum atomic E-state index is 11.9. The zero-order valence-electron chi connectivity index (χ0n) is 10.3. The van der Waals surface area contributed by atoms with E-state index in [1.54, 1.807) is 26.8 Å². The van der Waals surface area contributed by atoms with Crippen LogP contribution in [0.3, 0.4) is 0 Å². The van der Waals surface area contributed by atoms with Crippen LogP contribution in [0.25, 0.3) is 10.9 Å². The molecular formula is C12H13BrN2O3. The molecular weight excluding hydrogens is 300 g/mol. The van der Waals surface area contributed by atoms with Crippen LogP contribution in [0.4, 0.5) is 4.79 Å². The molecule has 1 N–H and O–H groups in total. The molecule has 1 aromatic carbocycles. The summed E-state index contributed by atoms with van der Waals surface area (Å²) in [7, 11) is 0. The number of aromatic hydroxyl groups is 1. The lowest BCUT2D eigenvalue weighted by Crippen LogP contribution is -2.27. The fraction of sp³-hybridized carbons (Fsp3) is 0.333. The second kappa shape index (κ2) is 4.28. The van der Waals surface area contributed by atoms with Gasteiger partial charge in [0.2, 0.25) is 0 Å². The number of rotatable bonds is 0. The van der Waals surface area contributed by atoms with Crippen LogP contribution in [-0.2, 0) is 4.74 Å². The minimum absolute atomic E-state index is 0.103. The van der Waals surface area contributed by atoms with Gasteiger partial charge in [0.1, 0.15) is 11.4 Å². The number of phenols is 1. The smallest absolute Gasteiger partial charge is 0.435 e. The fourth-order valence-corrected chi connectivity index (χ4v) is 1.94. The molecule has 0 fully saturated rings. The second-order valence-corrected chi connectivity index (χ2v) is 5.66. The van der Waals surface area contributed by atoms with Gasteiger partial charge in [-0.05, 0) is 48.8 Å². The van der Waals surface area contributed by atoms with Gasteiger partial charge in [0.25, 0.3) is 0 Å². The van der Waals surface area contributed by atoms with Gasteiger partial charge in [0.05, 0.1) is 16.2 Å². The van der Waals surface area contributed by atoms with E-state index in [4.69, 9.17) is 4.74 Å². The van der Waals surface area contributed by atoms with Gasteiger partial charge in [-0.1, -0.05) is 0 Å². The van der Waals surface area contributed by atoms with Crippen LogP contribution in [0.1, 0.15) is 20.8 Å². The second-order valence-electron chi connectivity index (χ2n) is 4.87. The van der Waals surface area contributed by atoms with Crippen molar-refractivity contribution in [2.45, 2.75) is 26.4 Å². The lowest BCUT2D eigenvalue weighted by Gasteiger charge is -2.19. The summed E-state index contributed by atoms with van der Waals surface area (Å²) in [5.41, 5.74) is -0.00214. The summed E-state index contributed by atoms with van der Waals surface area (Å²) in [6.45, 7) is 5.37. The van der Waals surface area contributed by atoms with E-state index in [2.05, 4.69) is 21.0 Å². The molecule has 1 heterocycles. The first kappa shape index (κ1) is 12.9. The number of hydrogen-bond donors (Lipinski definition) is 1. The standard InChI is InChI=1S/C12H13BrN2O3/c1-12(2,3)18-11(17)15-8-4-5-9(16)10(13)7(8)6-14-15/h4-6,16H,1-3H3. The van der Waals surface area contributed by atoms with Crippen LogP contribution in [0, 0.1) is 0 Å². The SMILES string of the molecule is CC(C)(C)OC(=O)n1ncc2c(Br)c(O)ccc21. The Morgan fingerprint density at radius 1 is 1.44 bits per heavy atom. The average molecular weight is 313 g/mol. The molecule has 0 radical (unpaired) electrons. The van der Waals surface area contributed by atoms with Gasteiger partial charge in [-0.3, -0.25) is 0 Å². The average Bonchev–Trinajstić information content (AvgIpc) is 2.65. The Hall–Kier alpha value is -1.56. The molecule has 0 spiro atoms. The number of fused-ring (bicyclic) bond motifs is 1. The van der Waals surface area contributed by atoms with Gasteiger partial charge in [-0.25, -0.2) is 4.79 Å². The van der Waals surface area contributed by atoms with Crippen molar-refractivity contribution in [1.29, 1.82) is 0 Å². The lowest BCUT2D eigenvalue weighted by atomic mass is 10.2. The fourth-order valence-electron chi connectivity index (χ4n) is 1.51. The van der Waals surface area contributed by atoms with Gasteiger partial charge in [0, 0.05) is 5.39 Å². The molecule has 6 heteroatoms. The van der Waals surface area contributed by atoms with Crippen molar-refractivity contribution in [3.63, 3.8) is 0 Å². The predicted molar refractivity (Wildman–Crippen MR) is 70.7 cm³/mol. The van der Waals surface area contributed by atoms with Crippen molar-refractivity contribution in [2.24, 2.45) is 0 Å². The van der Waals surface area contributed by atoms with Crippen molar-refractivity contribution >= 4 is 32.9 Å². The monoisotopic (exact) mass is 312 g/mol. The normalized spacial score (nSPS) is 11.8. The number of aromatic nitrogens is 2. The first-order valence-electron chi connectivity index (χ1n) is 5.38. The Morgan fingerprint density at radius 3 is 2.72 bits per heavy atom. The van der Waals surface area contributed by atoms with E-state index >= 15 is 0 Å². The summed E-state index contributed by atoms with van der Waals surface area (Å²) < 4.78 is 6.92. The largest absolute Gasteiger partial charge is 0.507 e. The van der Waals surface area contributed by atoms with Crippen molar-refractivity contribution < 1.29 is 14.6 Å². The number of hydrogen-bond acceptors (Lipinski definition) is 4. The Morgan fingerprint density at radius 2 is 2.11 bits per heavy atom. The van der Waals surface area contributed by atoms with Crippen molar-refractivity contribution in [2.75, 3.05) is 0 Å². The van der Waals surface area contributed by atoms with Gasteiger partial charge in [0.15, 0.2) is 0 Å². The van der Waals surface area contributed by atoms with Crippen molar-refractivity contribution in [1.82, 2.24) is 9.78 Å². The molecule has 0 bridgehead atoms.